The summed E-state index contributed by atoms with van der Waals surface area (Å²) in [4.78, 5) is 34.8. The standard InChI is InChI=1S/C29H35N5O7S/c1-17-8-6-9-18(2)25(17)23-14-24(32-27(31-23)33-42(38,39)22-11-7-10-20(30)13-22)40-21-12-19(26(35)36)15-34(16-21)28(37)41-29(3,4)5/h6-11,13-14,19,21H,12,15-16,30H2,1-5H3,(H,35,36)(H,31,32,33). The molecule has 2 aromatic carbocycles. The fourth-order valence-electron chi connectivity index (χ4n) is 4.70. The molecule has 1 aliphatic heterocycles. The van der Waals surface area contributed by atoms with E-state index in [-0.39, 0.29) is 41.9 Å². The van der Waals surface area contributed by atoms with E-state index < -0.39 is 39.7 Å². The number of benzene rings is 2. The van der Waals surface area contributed by atoms with Crippen LogP contribution in [0.2, 0.25) is 0 Å². The summed E-state index contributed by atoms with van der Waals surface area (Å²) in [5.41, 5.74) is 8.23. The predicted octanol–water partition coefficient (Wildman–Crippen LogP) is 4.23. The van der Waals surface area contributed by atoms with Crippen LogP contribution in [0.25, 0.3) is 11.3 Å². The zero-order chi connectivity index (χ0) is 30.8. The highest BCUT2D eigenvalue weighted by Crippen LogP contribution is 2.31. The van der Waals surface area contributed by atoms with Gasteiger partial charge in [0.2, 0.25) is 11.8 Å². The highest BCUT2D eigenvalue weighted by Gasteiger charge is 2.37. The Morgan fingerprint density at radius 3 is 2.33 bits per heavy atom. The van der Waals surface area contributed by atoms with Gasteiger partial charge in [-0.25, -0.2) is 22.9 Å². The summed E-state index contributed by atoms with van der Waals surface area (Å²) in [7, 11) is -4.12. The average molecular weight is 598 g/mol. The maximum absolute atomic E-state index is 13.2. The van der Waals surface area contributed by atoms with Crippen LogP contribution in [-0.2, 0) is 19.6 Å². The molecular weight excluding hydrogens is 562 g/mol. The number of piperidine rings is 1. The van der Waals surface area contributed by atoms with Gasteiger partial charge in [-0.1, -0.05) is 24.3 Å². The van der Waals surface area contributed by atoms with Gasteiger partial charge < -0.3 is 25.2 Å². The minimum absolute atomic E-state index is 0.00751. The van der Waals surface area contributed by atoms with Crippen molar-refractivity contribution < 1.29 is 32.6 Å². The second-order valence-electron chi connectivity index (χ2n) is 11.3. The van der Waals surface area contributed by atoms with Crippen LogP contribution < -0.4 is 15.2 Å². The normalized spacial score (nSPS) is 17.4. The Labute approximate surface area is 244 Å². The van der Waals surface area contributed by atoms with Crippen LogP contribution >= 0.6 is 0 Å². The Morgan fingerprint density at radius 1 is 1.05 bits per heavy atom. The van der Waals surface area contributed by atoms with Crippen molar-refractivity contribution in [2.45, 2.75) is 57.6 Å². The van der Waals surface area contributed by atoms with Gasteiger partial charge >= 0.3 is 12.1 Å². The van der Waals surface area contributed by atoms with Crippen molar-refractivity contribution in [3.8, 4) is 17.1 Å². The van der Waals surface area contributed by atoms with Gasteiger partial charge in [-0.2, -0.15) is 4.98 Å². The molecule has 0 radical (unpaired) electrons. The number of hydrogen-bond acceptors (Lipinski definition) is 9. The second kappa shape index (κ2) is 11.8. The number of aromatic nitrogens is 2. The number of nitrogens with one attached hydrogen (secondary N) is 1. The zero-order valence-electron chi connectivity index (χ0n) is 24.1. The molecular formula is C29H35N5O7S. The minimum Gasteiger partial charge on any atom is -0.481 e. The van der Waals surface area contributed by atoms with E-state index in [9.17, 15) is 23.1 Å². The quantitative estimate of drug-likeness (QED) is 0.334. The summed E-state index contributed by atoms with van der Waals surface area (Å²) in [5.74, 6) is -2.22. The van der Waals surface area contributed by atoms with Crippen LogP contribution in [0.15, 0.2) is 53.4 Å². The molecule has 0 bridgehead atoms. The summed E-state index contributed by atoms with van der Waals surface area (Å²) >= 11 is 0. The fraction of sp³-hybridized carbons (Fsp3) is 0.379. The van der Waals surface area contributed by atoms with E-state index in [0.717, 1.165) is 16.7 Å². The van der Waals surface area contributed by atoms with E-state index in [1.807, 2.05) is 32.0 Å². The number of hydrogen-bond donors (Lipinski definition) is 3. The Balaban J connectivity index is 1.71. The second-order valence-corrected chi connectivity index (χ2v) is 12.9. The van der Waals surface area contributed by atoms with Crippen molar-refractivity contribution in [2.24, 2.45) is 5.92 Å². The van der Waals surface area contributed by atoms with E-state index in [2.05, 4.69) is 14.7 Å². The van der Waals surface area contributed by atoms with E-state index in [1.165, 1.54) is 23.1 Å². The third-order valence-electron chi connectivity index (χ3n) is 6.53. The predicted molar refractivity (Wildman–Crippen MR) is 157 cm³/mol. The van der Waals surface area contributed by atoms with Gasteiger partial charge in [0.1, 0.15) is 11.7 Å². The van der Waals surface area contributed by atoms with Gasteiger partial charge in [-0.3, -0.25) is 4.79 Å². The first kappa shape index (κ1) is 30.6. The summed E-state index contributed by atoms with van der Waals surface area (Å²) in [6, 6.07) is 13.1. The lowest BCUT2D eigenvalue weighted by atomic mass is 9.96. The number of anilines is 2. The van der Waals surface area contributed by atoms with Crippen LogP contribution in [0.1, 0.15) is 38.3 Å². The monoisotopic (exact) mass is 597 g/mol. The van der Waals surface area contributed by atoms with E-state index in [4.69, 9.17) is 15.2 Å². The lowest BCUT2D eigenvalue weighted by Gasteiger charge is -2.36. The lowest BCUT2D eigenvalue weighted by Crippen LogP contribution is -2.51. The number of carboxylic acid groups (broad SMARTS) is 1. The fourth-order valence-corrected chi connectivity index (χ4v) is 5.70. The van der Waals surface area contributed by atoms with Crippen LogP contribution in [0.3, 0.4) is 0 Å². The molecule has 42 heavy (non-hydrogen) atoms. The number of nitrogen functional groups attached to an aromatic ring is 1. The van der Waals surface area contributed by atoms with Crippen molar-refractivity contribution in [3.63, 3.8) is 0 Å². The number of carboxylic acids is 1. The maximum atomic E-state index is 13.2. The van der Waals surface area contributed by atoms with Crippen LogP contribution in [0, 0.1) is 19.8 Å². The van der Waals surface area contributed by atoms with Gasteiger partial charge in [0.25, 0.3) is 10.0 Å². The summed E-state index contributed by atoms with van der Waals surface area (Å²) in [6.45, 7) is 8.98. The molecule has 1 aromatic heterocycles. The number of carbonyl (C=O) groups is 2. The molecule has 224 valence electrons. The first-order chi connectivity index (χ1) is 19.6. The maximum Gasteiger partial charge on any atom is 0.410 e. The van der Waals surface area contributed by atoms with Crippen LogP contribution in [0.5, 0.6) is 5.88 Å². The molecule has 1 saturated heterocycles. The van der Waals surface area contributed by atoms with Gasteiger partial charge in [0.05, 0.1) is 23.1 Å². The van der Waals surface area contributed by atoms with Crippen molar-refractivity contribution in [3.05, 3.63) is 59.7 Å². The molecule has 0 saturated carbocycles. The van der Waals surface area contributed by atoms with E-state index >= 15 is 0 Å². The Hall–Kier alpha value is -4.39. The SMILES string of the molecule is Cc1cccc(C)c1-c1cc(OC2CC(C(=O)O)CN(C(=O)OC(C)(C)C)C2)nc(NS(=O)(=O)c2cccc(N)c2)n1. The van der Waals surface area contributed by atoms with E-state index in [1.54, 1.807) is 32.9 Å². The summed E-state index contributed by atoms with van der Waals surface area (Å²) in [6.07, 6.45) is -1.33. The van der Waals surface area contributed by atoms with Gasteiger partial charge in [0.15, 0.2) is 0 Å². The minimum atomic E-state index is -4.12. The number of likely N-dealkylation sites (tertiary alicyclic amines) is 1. The number of nitrogens with two attached hydrogens (primary N) is 1. The Bertz CT molecular complexity index is 1580. The molecule has 2 heterocycles. The number of carbonyl (C=O) groups excluding carboxylic acids is 1. The van der Waals surface area contributed by atoms with Gasteiger partial charge in [0, 0.05) is 30.3 Å². The van der Waals surface area contributed by atoms with Crippen LogP contribution in [-0.4, -0.2) is 65.2 Å². The third-order valence-corrected chi connectivity index (χ3v) is 7.86. The molecule has 0 spiro atoms. The molecule has 4 rings (SSSR count). The molecule has 3 aromatic rings. The lowest BCUT2D eigenvalue weighted by molar-refractivity contribution is -0.144. The van der Waals surface area contributed by atoms with E-state index in [0.29, 0.717) is 5.69 Å². The molecule has 12 nitrogen and oxygen atoms in total. The van der Waals surface area contributed by atoms with Gasteiger partial charge in [-0.05, 0) is 63.9 Å². The molecule has 13 heteroatoms. The average Bonchev–Trinajstić information content (AvgIpc) is 2.87. The summed E-state index contributed by atoms with van der Waals surface area (Å²) in [5, 5.41) is 9.76. The number of aryl methyl sites for hydroxylation is 2. The number of ether oxygens (including phenoxy) is 2. The Kier molecular flexibility index (Phi) is 8.62. The van der Waals surface area contributed by atoms with Crippen molar-refractivity contribution in [1.29, 1.82) is 0 Å². The Morgan fingerprint density at radius 2 is 1.71 bits per heavy atom. The molecule has 4 N–H and O–H groups in total. The zero-order valence-corrected chi connectivity index (χ0v) is 24.9. The number of rotatable bonds is 7. The summed E-state index contributed by atoms with van der Waals surface area (Å²) < 4.78 is 40.4. The van der Waals surface area contributed by atoms with Crippen molar-refractivity contribution >= 4 is 33.7 Å². The van der Waals surface area contributed by atoms with Crippen molar-refractivity contribution in [2.75, 3.05) is 23.5 Å². The largest absolute Gasteiger partial charge is 0.481 e. The first-order valence-electron chi connectivity index (χ1n) is 13.3. The number of amides is 1. The molecule has 2 unspecified atom stereocenters. The number of sulfonamides is 1. The molecule has 1 fully saturated rings. The van der Waals surface area contributed by atoms with Crippen LogP contribution in [0.4, 0.5) is 16.4 Å². The highest BCUT2D eigenvalue weighted by molar-refractivity contribution is 7.92. The molecule has 0 aliphatic carbocycles. The number of aliphatic carboxylic acids is 1. The molecule has 1 aliphatic rings. The smallest absolute Gasteiger partial charge is 0.410 e. The first-order valence-corrected chi connectivity index (χ1v) is 14.8. The third kappa shape index (κ3) is 7.46. The molecule has 1 amide bonds. The molecule has 2 atom stereocenters. The number of nitrogens with zero attached hydrogens (tertiary/aromatic N) is 3. The van der Waals surface area contributed by atoms with Gasteiger partial charge in [-0.15, -0.1) is 0 Å². The highest BCUT2D eigenvalue weighted by atomic mass is 32.2. The topological polar surface area (TPSA) is 174 Å². The van der Waals surface area contributed by atoms with Crippen molar-refractivity contribution in [1.82, 2.24) is 14.9 Å².